The summed E-state index contributed by atoms with van der Waals surface area (Å²) in [5.41, 5.74) is 15.9. The molecular weight excluding hydrogens is 699 g/mol. The van der Waals surface area contributed by atoms with Gasteiger partial charge < -0.3 is 4.90 Å². The van der Waals surface area contributed by atoms with Gasteiger partial charge in [-0.1, -0.05) is 184 Å². The molecule has 0 atom stereocenters. The van der Waals surface area contributed by atoms with Gasteiger partial charge in [-0.25, -0.2) is 0 Å². The van der Waals surface area contributed by atoms with E-state index in [0.29, 0.717) is 0 Å². The lowest BCUT2D eigenvalue weighted by atomic mass is 9.73. The molecule has 0 aliphatic carbocycles. The third-order valence-corrected chi connectivity index (χ3v) is 12.4. The van der Waals surface area contributed by atoms with Gasteiger partial charge in [-0.2, -0.15) is 0 Å². The van der Waals surface area contributed by atoms with E-state index in [4.69, 9.17) is 0 Å². The van der Waals surface area contributed by atoms with Gasteiger partial charge in [-0.05, 0) is 130 Å². The molecule has 1 heterocycles. The van der Waals surface area contributed by atoms with Crippen molar-refractivity contribution in [2.45, 2.75) is 19.3 Å². The fraction of sp³-hybridized carbons (Fsp3) is 0.0526. The summed E-state index contributed by atoms with van der Waals surface area (Å²) < 4.78 is 0. The Kier molecular flexibility index (Phi) is 7.91. The van der Waals surface area contributed by atoms with E-state index in [1.165, 1.54) is 99.3 Å². The molecule has 0 N–H and O–H groups in total. The molecular formula is C57H41N. The highest BCUT2D eigenvalue weighted by atomic mass is 15.2. The number of benzene rings is 10. The molecule has 10 aromatic rings. The summed E-state index contributed by atoms with van der Waals surface area (Å²) in [7, 11) is 0. The molecule has 1 aliphatic rings. The van der Waals surface area contributed by atoms with Crippen LogP contribution < -0.4 is 4.90 Å². The average molecular weight is 740 g/mol. The smallest absolute Gasteiger partial charge is 0.0502 e. The second-order valence-electron chi connectivity index (χ2n) is 16.1. The van der Waals surface area contributed by atoms with Crippen LogP contribution in [0.3, 0.4) is 0 Å². The quantitative estimate of drug-likeness (QED) is 0.159. The van der Waals surface area contributed by atoms with Crippen molar-refractivity contribution in [1.29, 1.82) is 0 Å². The van der Waals surface area contributed by atoms with Crippen molar-refractivity contribution in [2.24, 2.45) is 0 Å². The lowest BCUT2D eigenvalue weighted by Gasteiger charge is -2.42. The van der Waals surface area contributed by atoms with Crippen LogP contribution in [0.1, 0.15) is 25.0 Å². The molecule has 10 aromatic carbocycles. The zero-order valence-corrected chi connectivity index (χ0v) is 32.7. The first-order chi connectivity index (χ1) is 28.5. The molecule has 0 amide bonds. The van der Waals surface area contributed by atoms with Crippen LogP contribution >= 0.6 is 0 Å². The van der Waals surface area contributed by atoms with Gasteiger partial charge in [0.25, 0.3) is 0 Å². The van der Waals surface area contributed by atoms with Gasteiger partial charge in [-0.15, -0.1) is 0 Å². The predicted octanol–water partition coefficient (Wildman–Crippen LogP) is 15.9. The lowest BCUT2D eigenvalue weighted by Crippen LogP contribution is -2.30. The van der Waals surface area contributed by atoms with Gasteiger partial charge in [0.15, 0.2) is 0 Å². The van der Waals surface area contributed by atoms with Crippen LogP contribution in [0.5, 0.6) is 0 Å². The van der Waals surface area contributed by atoms with Gasteiger partial charge in [0.1, 0.15) is 0 Å². The highest BCUT2D eigenvalue weighted by Crippen LogP contribution is 2.53. The standard InChI is InChI=1S/C57H41N/c1-57(2)51-26-14-16-28-53(51)58(54-29-17-15-27-52(54)57)44-31-33-46-45-32-30-43(48-35-42-25-13-12-24-41(42)34-47(48)38-18-6-3-7-19-38)36-49(45)55(39-20-8-4-9-21-39)56(50(46)37-44)40-22-10-5-11-23-40/h3-37H,1-2H3. The fourth-order valence-electron chi connectivity index (χ4n) is 9.63. The second kappa shape index (κ2) is 13.5. The largest absolute Gasteiger partial charge is 0.310 e. The number of hydrogen-bond donors (Lipinski definition) is 0. The van der Waals surface area contributed by atoms with Crippen LogP contribution in [-0.2, 0) is 5.41 Å². The highest BCUT2D eigenvalue weighted by Gasteiger charge is 2.36. The maximum absolute atomic E-state index is 2.48. The number of para-hydroxylation sites is 2. The Bertz CT molecular complexity index is 3130. The molecule has 0 radical (unpaired) electrons. The molecule has 0 fully saturated rings. The molecule has 0 aromatic heterocycles. The Balaban J connectivity index is 1.23. The fourth-order valence-corrected chi connectivity index (χ4v) is 9.63. The Morgan fingerprint density at radius 2 is 0.759 bits per heavy atom. The third-order valence-electron chi connectivity index (χ3n) is 12.4. The summed E-state index contributed by atoms with van der Waals surface area (Å²) in [5, 5.41) is 7.44. The Morgan fingerprint density at radius 1 is 0.328 bits per heavy atom. The molecule has 0 bridgehead atoms. The summed E-state index contributed by atoms with van der Waals surface area (Å²) >= 11 is 0. The molecule has 11 rings (SSSR count). The number of nitrogens with zero attached hydrogens (tertiary/aromatic N) is 1. The zero-order chi connectivity index (χ0) is 38.8. The van der Waals surface area contributed by atoms with Crippen LogP contribution in [0.4, 0.5) is 17.1 Å². The van der Waals surface area contributed by atoms with Crippen molar-refractivity contribution in [3.05, 3.63) is 223 Å². The SMILES string of the molecule is CC1(C)c2ccccc2N(c2ccc3c(c2)c(-c2ccccc2)c(-c2ccccc2)c2cc(-c4cc5ccccc5cc4-c4ccccc4)ccc23)c2ccccc21. The molecule has 0 unspecified atom stereocenters. The lowest BCUT2D eigenvalue weighted by molar-refractivity contribution is 0.632. The summed E-state index contributed by atoms with van der Waals surface area (Å²) in [5.74, 6) is 0. The molecule has 1 nitrogen and oxygen atoms in total. The molecule has 58 heavy (non-hydrogen) atoms. The number of hydrogen-bond acceptors (Lipinski definition) is 1. The van der Waals surface area contributed by atoms with Crippen molar-refractivity contribution in [3.8, 4) is 44.5 Å². The molecule has 0 saturated heterocycles. The number of anilines is 3. The van der Waals surface area contributed by atoms with E-state index in [9.17, 15) is 0 Å². The zero-order valence-electron chi connectivity index (χ0n) is 32.7. The van der Waals surface area contributed by atoms with Crippen LogP contribution in [0.15, 0.2) is 212 Å². The van der Waals surface area contributed by atoms with Crippen molar-refractivity contribution < 1.29 is 0 Å². The number of fused-ring (bicyclic) bond motifs is 6. The van der Waals surface area contributed by atoms with Gasteiger partial charge >= 0.3 is 0 Å². The van der Waals surface area contributed by atoms with Crippen LogP contribution in [0, 0.1) is 0 Å². The van der Waals surface area contributed by atoms with Crippen LogP contribution in [0.2, 0.25) is 0 Å². The van der Waals surface area contributed by atoms with Crippen molar-refractivity contribution in [3.63, 3.8) is 0 Å². The Morgan fingerprint density at radius 3 is 1.31 bits per heavy atom. The minimum Gasteiger partial charge on any atom is -0.310 e. The summed E-state index contributed by atoms with van der Waals surface area (Å²) in [6.45, 7) is 4.70. The average Bonchev–Trinajstić information content (AvgIpc) is 3.29. The normalized spacial score (nSPS) is 13.1. The van der Waals surface area contributed by atoms with E-state index in [2.05, 4.69) is 231 Å². The van der Waals surface area contributed by atoms with E-state index in [-0.39, 0.29) is 5.41 Å². The molecule has 1 heteroatoms. The molecule has 0 saturated carbocycles. The minimum absolute atomic E-state index is 0.129. The van der Waals surface area contributed by atoms with E-state index < -0.39 is 0 Å². The van der Waals surface area contributed by atoms with Crippen LogP contribution in [-0.4, -0.2) is 0 Å². The number of rotatable bonds is 5. The van der Waals surface area contributed by atoms with Crippen molar-refractivity contribution >= 4 is 49.4 Å². The maximum atomic E-state index is 2.48. The van der Waals surface area contributed by atoms with E-state index in [1.807, 2.05) is 0 Å². The first-order valence-corrected chi connectivity index (χ1v) is 20.3. The van der Waals surface area contributed by atoms with Crippen molar-refractivity contribution in [2.75, 3.05) is 4.90 Å². The van der Waals surface area contributed by atoms with Crippen LogP contribution in [0.25, 0.3) is 76.8 Å². The monoisotopic (exact) mass is 739 g/mol. The Labute approximate surface area is 340 Å². The molecule has 0 spiro atoms. The first-order valence-electron chi connectivity index (χ1n) is 20.3. The van der Waals surface area contributed by atoms with Gasteiger partial charge in [0.2, 0.25) is 0 Å². The summed E-state index contributed by atoms with van der Waals surface area (Å²) in [6.07, 6.45) is 0. The molecule has 274 valence electrons. The molecule has 1 aliphatic heterocycles. The maximum Gasteiger partial charge on any atom is 0.0502 e. The Hall–Kier alpha value is -7.22. The third kappa shape index (κ3) is 5.39. The first kappa shape index (κ1) is 34.1. The van der Waals surface area contributed by atoms with Gasteiger partial charge in [-0.3, -0.25) is 0 Å². The van der Waals surface area contributed by atoms with E-state index in [1.54, 1.807) is 0 Å². The summed E-state index contributed by atoms with van der Waals surface area (Å²) in [6, 6.07) is 78.4. The highest BCUT2D eigenvalue weighted by molar-refractivity contribution is 6.23. The van der Waals surface area contributed by atoms with Gasteiger partial charge in [0, 0.05) is 11.1 Å². The topological polar surface area (TPSA) is 3.24 Å². The van der Waals surface area contributed by atoms with Gasteiger partial charge in [0.05, 0.1) is 11.4 Å². The minimum atomic E-state index is -0.129. The predicted molar refractivity (Wildman–Crippen MR) is 248 cm³/mol. The van der Waals surface area contributed by atoms with E-state index in [0.717, 1.165) is 5.69 Å². The second-order valence-corrected chi connectivity index (χ2v) is 16.1. The van der Waals surface area contributed by atoms with Crippen molar-refractivity contribution in [1.82, 2.24) is 0 Å². The summed E-state index contributed by atoms with van der Waals surface area (Å²) in [4.78, 5) is 2.48. The van der Waals surface area contributed by atoms with E-state index >= 15 is 0 Å².